The molecule has 0 spiro atoms. The van der Waals surface area contributed by atoms with Gasteiger partial charge in [0.2, 0.25) is 0 Å². The lowest BCUT2D eigenvalue weighted by molar-refractivity contribution is -0.154. The van der Waals surface area contributed by atoms with Crippen molar-refractivity contribution in [3.63, 3.8) is 0 Å². The van der Waals surface area contributed by atoms with Gasteiger partial charge in [0.15, 0.2) is 6.61 Å². The first-order chi connectivity index (χ1) is 11.9. The van der Waals surface area contributed by atoms with Crippen molar-refractivity contribution in [2.45, 2.75) is 19.4 Å². The maximum Gasteiger partial charge on any atom is 0.329 e. The first-order valence-electron chi connectivity index (χ1n) is 7.63. The Morgan fingerprint density at radius 1 is 1.24 bits per heavy atom. The van der Waals surface area contributed by atoms with Crippen molar-refractivity contribution in [3.05, 3.63) is 35.4 Å². The summed E-state index contributed by atoms with van der Waals surface area (Å²) in [6.07, 6.45) is 0.168. The summed E-state index contributed by atoms with van der Waals surface area (Å²) >= 11 is 0. The van der Waals surface area contributed by atoms with Gasteiger partial charge in [0, 0.05) is 13.6 Å². The van der Waals surface area contributed by atoms with Gasteiger partial charge >= 0.3 is 5.97 Å². The first-order valence-corrected chi connectivity index (χ1v) is 7.63. The summed E-state index contributed by atoms with van der Waals surface area (Å²) < 4.78 is 4.92. The summed E-state index contributed by atoms with van der Waals surface area (Å²) in [5, 5.41) is 8.49. The summed E-state index contributed by atoms with van der Waals surface area (Å²) in [6, 6.07) is 7.05. The van der Waals surface area contributed by atoms with Crippen LogP contribution in [-0.2, 0) is 14.3 Å². The molecular formula is C17H17N3O5. The van der Waals surface area contributed by atoms with Crippen molar-refractivity contribution < 1.29 is 23.9 Å². The number of benzene rings is 1. The maximum atomic E-state index is 12.3. The van der Waals surface area contributed by atoms with Gasteiger partial charge in [-0.3, -0.25) is 19.3 Å². The Kier molecular flexibility index (Phi) is 5.49. The van der Waals surface area contributed by atoms with Crippen molar-refractivity contribution in [1.82, 2.24) is 9.80 Å². The molecule has 8 nitrogen and oxygen atoms in total. The zero-order chi connectivity index (χ0) is 18.6. The second kappa shape index (κ2) is 7.57. The van der Waals surface area contributed by atoms with E-state index < -0.39 is 36.3 Å². The van der Waals surface area contributed by atoms with Gasteiger partial charge < -0.3 is 9.64 Å². The van der Waals surface area contributed by atoms with Crippen LogP contribution < -0.4 is 0 Å². The van der Waals surface area contributed by atoms with Crippen molar-refractivity contribution >= 4 is 23.7 Å². The van der Waals surface area contributed by atoms with Crippen LogP contribution in [0.4, 0.5) is 0 Å². The second-order valence-electron chi connectivity index (χ2n) is 5.53. The molecule has 0 fully saturated rings. The lowest BCUT2D eigenvalue weighted by Gasteiger charge is -2.21. The van der Waals surface area contributed by atoms with E-state index in [0.717, 1.165) is 4.90 Å². The van der Waals surface area contributed by atoms with Crippen LogP contribution in [0.3, 0.4) is 0 Å². The summed E-state index contributed by atoms with van der Waals surface area (Å²) in [5.41, 5.74) is 0.471. The number of esters is 1. The van der Waals surface area contributed by atoms with Gasteiger partial charge in [-0.25, -0.2) is 4.79 Å². The van der Waals surface area contributed by atoms with E-state index in [1.54, 1.807) is 12.1 Å². The van der Waals surface area contributed by atoms with Gasteiger partial charge in [-0.15, -0.1) is 0 Å². The molecule has 3 amide bonds. The number of likely N-dealkylation sites (N-methyl/N-ethyl adjacent to an activating group) is 1. The number of carbonyl (C=O) groups excluding carboxylic acids is 4. The number of hydrogen-bond donors (Lipinski definition) is 0. The molecule has 1 aromatic carbocycles. The van der Waals surface area contributed by atoms with Gasteiger partial charge in [-0.2, -0.15) is 5.26 Å². The third kappa shape index (κ3) is 3.66. The first kappa shape index (κ1) is 18.1. The number of nitrogens with zero attached hydrogens (tertiary/aromatic N) is 3. The number of carbonyl (C=O) groups is 4. The minimum Gasteiger partial charge on any atom is -0.454 e. The fraction of sp³-hybridized carbons (Fsp3) is 0.353. The van der Waals surface area contributed by atoms with Crippen LogP contribution in [0.5, 0.6) is 0 Å². The van der Waals surface area contributed by atoms with Crippen LogP contribution in [0.25, 0.3) is 0 Å². The molecule has 0 aromatic heterocycles. The smallest absolute Gasteiger partial charge is 0.329 e. The minimum absolute atomic E-state index is 0.168. The summed E-state index contributed by atoms with van der Waals surface area (Å²) in [7, 11) is 1.49. The third-order valence-corrected chi connectivity index (χ3v) is 3.88. The fourth-order valence-electron chi connectivity index (χ4n) is 2.37. The van der Waals surface area contributed by atoms with E-state index in [4.69, 9.17) is 10.00 Å². The van der Waals surface area contributed by atoms with Crippen LogP contribution in [0, 0.1) is 11.3 Å². The molecule has 0 saturated carbocycles. The molecule has 1 heterocycles. The largest absolute Gasteiger partial charge is 0.454 e. The number of fused-ring (bicyclic) bond motifs is 1. The maximum absolute atomic E-state index is 12.3. The molecule has 130 valence electrons. The minimum atomic E-state index is -1.15. The molecule has 0 N–H and O–H groups in total. The van der Waals surface area contributed by atoms with E-state index >= 15 is 0 Å². The molecule has 1 atom stereocenters. The molecule has 25 heavy (non-hydrogen) atoms. The van der Waals surface area contributed by atoms with Gasteiger partial charge in [0.05, 0.1) is 23.6 Å². The fourth-order valence-corrected chi connectivity index (χ4v) is 2.37. The van der Waals surface area contributed by atoms with Crippen LogP contribution >= 0.6 is 0 Å². The zero-order valence-electron chi connectivity index (χ0n) is 13.9. The van der Waals surface area contributed by atoms with E-state index in [1.165, 1.54) is 31.0 Å². The molecule has 0 unspecified atom stereocenters. The Balaban J connectivity index is 1.97. The highest BCUT2D eigenvalue weighted by Crippen LogP contribution is 2.24. The van der Waals surface area contributed by atoms with Crippen LogP contribution in [0.15, 0.2) is 24.3 Å². The molecule has 0 radical (unpaired) electrons. The highest BCUT2D eigenvalue weighted by atomic mass is 16.5. The lowest BCUT2D eigenvalue weighted by atomic mass is 10.1. The van der Waals surface area contributed by atoms with Crippen molar-refractivity contribution in [2.24, 2.45) is 0 Å². The topological polar surface area (TPSA) is 108 Å². The van der Waals surface area contributed by atoms with Gasteiger partial charge in [-0.1, -0.05) is 12.1 Å². The molecule has 1 aliphatic rings. The van der Waals surface area contributed by atoms with E-state index in [-0.39, 0.29) is 24.1 Å². The van der Waals surface area contributed by atoms with Crippen molar-refractivity contribution in [2.75, 3.05) is 20.2 Å². The number of rotatable bonds is 6. The Labute approximate surface area is 144 Å². The summed E-state index contributed by atoms with van der Waals surface area (Å²) in [5.74, 6) is -2.46. The normalized spacial score (nSPS) is 13.9. The molecule has 0 aliphatic carbocycles. The number of hydrogen-bond acceptors (Lipinski definition) is 6. The summed E-state index contributed by atoms with van der Waals surface area (Å²) in [6.45, 7) is 1.07. The number of amides is 3. The molecular weight excluding hydrogens is 326 g/mol. The molecule has 1 aromatic rings. The van der Waals surface area contributed by atoms with E-state index in [2.05, 4.69) is 0 Å². The SMILES string of the molecule is C[C@H](C(=O)OCC(=O)N(C)CCC#N)N1C(=O)c2ccccc2C1=O. The molecule has 1 aliphatic heterocycles. The van der Waals surface area contributed by atoms with Gasteiger partial charge in [-0.05, 0) is 19.1 Å². The predicted octanol–water partition coefficient (Wildman–Crippen LogP) is 0.586. The standard InChI is InChI=1S/C17H17N3O5/c1-11(17(24)25-10-14(21)19(2)9-5-8-18)20-15(22)12-6-3-4-7-13(12)16(20)23/h3-4,6-7,11H,5,9-10H2,1-2H3/t11-/m1/s1. The zero-order valence-corrected chi connectivity index (χ0v) is 13.9. The monoisotopic (exact) mass is 343 g/mol. The molecule has 0 saturated heterocycles. The van der Waals surface area contributed by atoms with Crippen LogP contribution in [-0.4, -0.2) is 59.7 Å². The molecule has 8 heteroatoms. The quantitative estimate of drug-likeness (QED) is 0.552. The van der Waals surface area contributed by atoms with E-state index in [0.29, 0.717) is 0 Å². The van der Waals surface area contributed by atoms with Gasteiger partial charge in [0.25, 0.3) is 17.7 Å². The van der Waals surface area contributed by atoms with E-state index in [1.807, 2.05) is 6.07 Å². The third-order valence-electron chi connectivity index (χ3n) is 3.88. The van der Waals surface area contributed by atoms with Crippen LogP contribution in [0.2, 0.25) is 0 Å². The summed E-state index contributed by atoms with van der Waals surface area (Å²) in [4.78, 5) is 50.6. The number of imide groups is 1. The Hall–Kier alpha value is -3.21. The lowest BCUT2D eigenvalue weighted by Crippen LogP contribution is -2.44. The second-order valence-corrected chi connectivity index (χ2v) is 5.53. The van der Waals surface area contributed by atoms with Crippen molar-refractivity contribution in [3.8, 4) is 6.07 Å². The highest BCUT2D eigenvalue weighted by Gasteiger charge is 2.41. The number of nitriles is 1. The van der Waals surface area contributed by atoms with Crippen molar-refractivity contribution in [1.29, 1.82) is 5.26 Å². The Morgan fingerprint density at radius 3 is 2.32 bits per heavy atom. The Morgan fingerprint density at radius 2 is 1.80 bits per heavy atom. The number of ether oxygens (including phenoxy) is 1. The average molecular weight is 343 g/mol. The van der Waals surface area contributed by atoms with Gasteiger partial charge in [0.1, 0.15) is 6.04 Å². The average Bonchev–Trinajstić information content (AvgIpc) is 2.87. The molecule has 0 bridgehead atoms. The Bertz CT molecular complexity index is 733. The van der Waals surface area contributed by atoms with Crippen LogP contribution in [0.1, 0.15) is 34.1 Å². The predicted molar refractivity (Wildman–Crippen MR) is 85.2 cm³/mol. The molecule has 2 rings (SSSR count). The highest BCUT2D eigenvalue weighted by molar-refractivity contribution is 6.22. The van der Waals surface area contributed by atoms with E-state index in [9.17, 15) is 19.2 Å².